The van der Waals surface area contributed by atoms with Gasteiger partial charge in [-0.05, 0) is 50.6 Å². The number of nitrogens with one attached hydrogen (secondary N) is 1. The van der Waals surface area contributed by atoms with Gasteiger partial charge in [-0.15, -0.1) is 11.3 Å². The SMILES string of the molecule is CCOCCCN(C(=O)c1cccs1)[C@@H](C(=O)NC1CCCCC1)c1ccccc1OCC. The quantitative estimate of drug-likeness (QED) is 0.431. The van der Waals surface area contributed by atoms with Gasteiger partial charge in [-0.2, -0.15) is 0 Å². The fourth-order valence-electron chi connectivity index (χ4n) is 4.34. The van der Waals surface area contributed by atoms with Gasteiger partial charge < -0.3 is 19.7 Å². The van der Waals surface area contributed by atoms with E-state index in [1.165, 1.54) is 17.8 Å². The average molecular weight is 473 g/mol. The minimum atomic E-state index is -0.772. The van der Waals surface area contributed by atoms with E-state index in [-0.39, 0.29) is 17.9 Å². The van der Waals surface area contributed by atoms with Gasteiger partial charge >= 0.3 is 0 Å². The summed E-state index contributed by atoms with van der Waals surface area (Å²) in [5, 5.41) is 5.14. The van der Waals surface area contributed by atoms with Gasteiger partial charge in [0, 0.05) is 31.4 Å². The second kappa shape index (κ2) is 13.4. The highest BCUT2D eigenvalue weighted by Crippen LogP contribution is 2.32. The average Bonchev–Trinajstić information content (AvgIpc) is 3.37. The Bertz CT molecular complexity index is 865. The minimum Gasteiger partial charge on any atom is -0.494 e. The van der Waals surface area contributed by atoms with Gasteiger partial charge in [0.2, 0.25) is 5.91 Å². The summed E-state index contributed by atoms with van der Waals surface area (Å²) < 4.78 is 11.4. The Morgan fingerprint density at radius 3 is 2.58 bits per heavy atom. The summed E-state index contributed by atoms with van der Waals surface area (Å²) in [6, 6.07) is 10.6. The first-order valence-corrected chi connectivity index (χ1v) is 13.0. The van der Waals surface area contributed by atoms with Crippen LogP contribution in [0.2, 0.25) is 0 Å². The van der Waals surface area contributed by atoms with Gasteiger partial charge in [-0.3, -0.25) is 9.59 Å². The van der Waals surface area contributed by atoms with Gasteiger partial charge in [0.25, 0.3) is 5.91 Å². The number of para-hydroxylation sites is 1. The molecule has 33 heavy (non-hydrogen) atoms. The van der Waals surface area contributed by atoms with Crippen molar-refractivity contribution in [2.45, 2.75) is 64.5 Å². The maximum absolute atomic E-state index is 13.8. The molecule has 7 heteroatoms. The first-order valence-electron chi connectivity index (χ1n) is 12.1. The normalized spacial score (nSPS) is 15.1. The summed E-state index contributed by atoms with van der Waals surface area (Å²) in [7, 11) is 0. The molecule has 0 bridgehead atoms. The summed E-state index contributed by atoms with van der Waals surface area (Å²) in [6.45, 7) is 5.93. The number of amides is 2. The highest BCUT2D eigenvalue weighted by Gasteiger charge is 2.35. The molecule has 0 saturated heterocycles. The zero-order valence-corrected chi connectivity index (χ0v) is 20.6. The molecule has 0 unspecified atom stereocenters. The van der Waals surface area contributed by atoms with E-state index in [0.717, 1.165) is 25.7 Å². The summed E-state index contributed by atoms with van der Waals surface area (Å²) in [5.74, 6) is 0.351. The predicted molar refractivity (Wildman–Crippen MR) is 132 cm³/mol. The fourth-order valence-corrected chi connectivity index (χ4v) is 5.02. The molecule has 2 aromatic rings. The number of hydrogen-bond acceptors (Lipinski definition) is 5. The van der Waals surface area contributed by atoms with Crippen LogP contribution in [0.3, 0.4) is 0 Å². The van der Waals surface area contributed by atoms with Crippen LogP contribution in [-0.4, -0.2) is 49.1 Å². The summed E-state index contributed by atoms with van der Waals surface area (Å²) in [4.78, 5) is 29.7. The van der Waals surface area contributed by atoms with Gasteiger partial charge in [0.1, 0.15) is 11.8 Å². The van der Waals surface area contributed by atoms with E-state index in [9.17, 15) is 9.59 Å². The molecule has 1 fully saturated rings. The van der Waals surface area contributed by atoms with Crippen LogP contribution < -0.4 is 10.1 Å². The molecule has 1 aliphatic rings. The van der Waals surface area contributed by atoms with Gasteiger partial charge in [0.15, 0.2) is 0 Å². The molecule has 2 amide bonds. The molecule has 1 atom stereocenters. The van der Waals surface area contributed by atoms with Crippen LogP contribution >= 0.6 is 11.3 Å². The Morgan fingerprint density at radius 1 is 1.09 bits per heavy atom. The maximum atomic E-state index is 13.8. The number of carbonyl (C=O) groups excluding carboxylic acids is 2. The summed E-state index contributed by atoms with van der Waals surface area (Å²) >= 11 is 1.39. The molecule has 180 valence electrons. The van der Waals surface area contributed by atoms with Crippen LogP contribution in [0.1, 0.15) is 73.6 Å². The first kappa shape index (κ1) is 25.2. The lowest BCUT2D eigenvalue weighted by molar-refractivity contribution is -0.127. The Balaban J connectivity index is 1.96. The van der Waals surface area contributed by atoms with Crippen LogP contribution in [0.5, 0.6) is 5.75 Å². The standard InChI is InChI=1S/C26H36N2O4S/c1-3-31-18-11-17-28(26(30)23-16-10-19-33-23)24(21-14-8-9-15-22(21)32-4-2)25(29)27-20-12-6-5-7-13-20/h8-10,14-16,19-20,24H,3-7,11-13,17-18H2,1-2H3,(H,27,29)/t24-/m1/s1. The van der Waals surface area contributed by atoms with E-state index in [2.05, 4.69) is 5.32 Å². The minimum absolute atomic E-state index is 0.142. The van der Waals surface area contributed by atoms with Crippen LogP contribution in [0.25, 0.3) is 0 Å². The Labute approximate surface area is 201 Å². The molecule has 0 radical (unpaired) electrons. The molecule has 1 saturated carbocycles. The highest BCUT2D eigenvalue weighted by atomic mass is 32.1. The van der Waals surface area contributed by atoms with Crippen molar-refractivity contribution in [3.63, 3.8) is 0 Å². The Hall–Kier alpha value is -2.38. The van der Waals surface area contributed by atoms with Crippen LogP contribution in [0, 0.1) is 0 Å². The van der Waals surface area contributed by atoms with Gasteiger partial charge in [0.05, 0.1) is 11.5 Å². The number of nitrogens with zero attached hydrogens (tertiary/aromatic N) is 1. The van der Waals surface area contributed by atoms with Gasteiger partial charge in [-0.25, -0.2) is 0 Å². The van der Waals surface area contributed by atoms with Gasteiger partial charge in [-0.1, -0.05) is 43.5 Å². The van der Waals surface area contributed by atoms with Crippen LogP contribution in [0.4, 0.5) is 0 Å². The number of benzene rings is 1. The molecular weight excluding hydrogens is 436 g/mol. The van der Waals surface area contributed by atoms with Crippen molar-refractivity contribution >= 4 is 23.2 Å². The van der Waals surface area contributed by atoms with E-state index in [1.807, 2.05) is 55.6 Å². The van der Waals surface area contributed by atoms with Crippen molar-refractivity contribution in [2.75, 3.05) is 26.4 Å². The molecule has 1 aliphatic carbocycles. The van der Waals surface area contributed by atoms with Crippen molar-refractivity contribution in [1.29, 1.82) is 0 Å². The molecule has 3 rings (SSSR count). The van der Waals surface area contributed by atoms with Crippen molar-refractivity contribution < 1.29 is 19.1 Å². The van der Waals surface area contributed by atoms with E-state index < -0.39 is 6.04 Å². The second-order valence-electron chi connectivity index (χ2n) is 8.24. The third-order valence-electron chi connectivity index (χ3n) is 5.91. The number of thiophene rings is 1. The van der Waals surface area contributed by atoms with Crippen molar-refractivity contribution in [2.24, 2.45) is 0 Å². The predicted octanol–water partition coefficient (Wildman–Crippen LogP) is 5.21. The number of carbonyl (C=O) groups is 2. The number of hydrogen-bond donors (Lipinski definition) is 1. The van der Waals surface area contributed by atoms with Crippen molar-refractivity contribution in [3.05, 3.63) is 52.2 Å². The fraction of sp³-hybridized carbons (Fsp3) is 0.538. The monoisotopic (exact) mass is 472 g/mol. The molecule has 0 spiro atoms. The molecule has 6 nitrogen and oxygen atoms in total. The topological polar surface area (TPSA) is 67.9 Å². The second-order valence-corrected chi connectivity index (χ2v) is 9.19. The summed E-state index contributed by atoms with van der Waals surface area (Å²) in [6.07, 6.45) is 6.07. The first-order chi connectivity index (χ1) is 16.2. The zero-order valence-electron chi connectivity index (χ0n) is 19.8. The molecule has 1 aromatic heterocycles. The van der Waals surface area contributed by atoms with Crippen LogP contribution in [0.15, 0.2) is 41.8 Å². The molecular formula is C26H36N2O4S. The Kier molecular flexibility index (Phi) is 10.2. The molecule has 1 N–H and O–H groups in total. The van der Waals surface area contributed by atoms with E-state index in [4.69, 9.17) is 9.47 Å². The highest BCUT2D eigenvalue weighted by molar-refractivity contribution is 7.12. The number of ether oxygens (including phenoxy) is 2. The summed E-state index contributed by atoms with van der Waals surface area (Å²) in [5.41, 5.74) is 0.717. The lowest BCUT2D eigenvalue weighted by Crippen LogP contribution is -2.47. The third-order valence-corrected chi connectivity index (χ3v) is 6.77. The van der Waals surface area contributed by atoms with Crippen molar-refractivity contribution in [1.82, 2.24) is 10.2 Å². The third kappa shape index (κ3) is 7.05. The van der Waals surface area contributed by atoms with E-state index in [1.54, 1.807) is 4.90 Å². The number of rotatable bonds is 12. The lowest BCUT2D eigenvalue weighted by atomic mass is 9.94. The molecule has 0 aliphatic heterocycles. The van der Waals surface area contributed by atoms with E-state index in [0.29, 0.717) is 49.0 Å². The Morgan fingerprint density at radius 2 is 1.88 bits per heavy atom. The lowest BCUT2D eigenvalue weighted by Gasteiger charge is -2.34. The van der Waals surface area contributed by atoms with Crippen LogP contribution in [-0.2, 0) is 9.53 Å². The van der Waals surface area contributed by atoms with Crippen molar-refractivity contribution in [3.8, 4) is 5.75 Å². The smallest absolute Gasteiger partial charge is 0.264 e. The molecule has 1 aromatic carbocycles. The largest absolute Gasteiger partial charge is 0.494 e. The molecule has 1 heterocycles. The van der Waals surface area contributed by atoms with E-state index >= 15 is 0 Å². The zero-order chi connectivity index (χ0) is 23.5. The maximum Gasteiger partial charge on any atom is 0.264 e.